The van der Waals surface area contributed by atoms with E-state index in [1.54, 1.807) is 6.07 Å². The van der Waals surface area contributed by atoms with Crippen molar-refractivity contribution in [3.63, 3.8) is 0 Å². The fourth-order valence-corrected chi connectivity index (χ4v) is 2.85. The quantitative estimate of drug-likeness (QED) is 0.775. The van der Waals surface area contributed by atoms with Gasteiger partial charge in [-0.05, 0) is 38.1 Å². The van der Waals surface area contributed by atoms with Gasteiger partial charge < -0.3 is 10.6 Å². The molecule has 2 N–H and O–H groups in total. The zero-order valence-electron chi connectivity index (χ0n) is 14.5. The molecule has 0 saturated heterocycles. The van der Waals surface area contributed by atoms with E-state index in [2.05, 4.69) is 17.9 Å². The second-order valence-corrected chi connectivity index (χ2v) is 6.09. The number of hydrogen-bond donors (Lipinski definition) is 1. The third kappa shape index (κ3) is 3.59. The van der Waals surface area contributed by atoms with Crippen molar-refractivity contribution in [3.05, 3.63) is 54.1 Å². The van der Waals surface area contributed by atoms with E-state index >= 15 is 0 Å². The molecule has 126 valence electrons. The number of aromatic nitrogens is 2. The molecular formula is C20H21N5. The summed E-state index contributed by atoms with van der Waals surface area (Å²) in [5.74, 6) is 0.800. The normalized spacial score (nSPS) is 11.9. The molecule has 5 heteroatoms. The molecule has 1 heterocycles. The SMILES string of the molecule is CCN(CC(C)N)c1nc2ccccc2nc1-c1cccc(C#N)c1. The van der Waals surface area contributed by atoms with Gasteiger partial charge in [0.2, 0.25) is 0 Å². The first-order valence-corrected chi connectivity index (χ1v) is 8.40. The lowest BCUT2D eigenvalue weighted by atomic mass is 10.1. The molecule has 3 rings (SSSR count). The highest BCUT2D eigenvalue weighted by atomic mass is 15.2. The molecule has 0 radical (unpaired) electrons. The summed E-state index contributed by atoms with van der Waals surface area (Å²) in [7, 11) is 0. The Morgan fingerprint density at radius 1 is 1.12 bits per heavy atom. The molecule has 5 nitrogen and oxygen atoms in total. The van der Waals surface area contributed by atoms with Gasteiger partial charge in [0, 0.05) is 24.7 Å². The van der Waals surface area contributed by atoms with Crippen LogP contribution in [0.4, 0.5) is 5.82 Å². The fraction of sp³-hybridized carbons (Fsp3) is 0.250. The van der Waals surface area contributed by atoms with Crippen molar-refractivity contribution >= 4 is 16.9 Å². The zero-order valence-corrected chi connectivity index (χ0v) is 14.5. The maximum atomic E-state index is 9.21. The minimum Gasteiger partial charge on any atom is -0.354 e. The van der Waals surface area contributed by atoms with Gasteiger partial charge in [-0.3, -0.25) is 0 Å². The lowest BCUT2D eigenvalue weighted by molar-refractivity contribution is 0.683. The zero-order chi connectivity index (χ0) is 17.8. The molecule has 0 aliphatic heterocycles. The molecule has 1 aromatic heterocycles. The second kappa shape index (κ2) is 7.29. The molecule has 0 aliphatic rings. The Balaban J connectivity index is 2.23. The topological polar surface area (TPSA) is 78.8 Å². The summed E-state index contributed by atoms with van der Waals surface area (Å²) in [6, 6.07) is 17.5. The predicted molar refractivity (Wildman–Crippen MR) is 101 cm³/mol. The van der Waals surface area contributed by atoms with Gasteiger partial charge in [-0.25, -0.2) is 9.97 Å². The Morgan fingerprint density at radius 3 is 2.48 bits per heavy atom. The third-order valence-electron chi connectivity index (χ3n) is 4.01. The first-order chi connectivity index (χ1) is 12.1. The van der Waals surface area contributed by atoms with E-state index in [-0.39, 0.29) is 6.04 Å². The number of rotatable bonds is 5. The number of benzene rings is 2. The van der Waals surface area contributed by atoms with E-state index in [9.17, 15) is 5.26 Å². The van der Waals surface area contributed by atoms with Crippen molar-refractivity contribution in [1.82, 2.24) is 9.97 Å². The Kier molecular flexibility index (Phi) is 4.92. The average Bonchev–Trinajstić information content (AvgIpc) is 2.65. The van der Waals surface area contributed by atoms with Crippen LogP contribution in [0.2, 0.25) is 0 Å². The van der Waals surface area contributed by atoms with Gasteiger partial charge in [-0.15, -0.1) is 0 Å². The Hall–Kier alpha value is -2.97. The van der Waals surface area contributed by atoms with Crippen LogP contribution in [0.25, 0.3) is 22.3 Å². The molecule has 2 aromatic carbocycles. The van der Waals surface area contributed by atoms with Crippen LogP contribution >= 0.6 is 0 Å². The Morgan fingerprint density at radius 2 is 1.84 bits per heavy atom. The molecule has 0 fully saturated rings. The first-order valence-electron chi connectivity index (χ1n) is 8.40. The lowest BCUT2D eigenvalue weighted by Gasteiger charge is -2.26. The molecule has 0 bridgehead atoms. The lowest BCUT2D eigenvalue weighted by Crippen LogP contribution is -2.36. The summed E-state index contributed by atoms with van der Waals surface area (Å²) < 4.78 is 0. The van der Waals surface area contributed by atoms with Gasteiger partial charge >= 0.3 is 0 Å². The smallest absolute Gasteiger partial charge is 0.156 e. The number of hydrogen-bond acceptors (Lipinski definition) is 5. The number of likely N-dealkylation sites (N-methyl/N-ethyl adjacent to an activating group) is 1. The van der Waals surface area contributed by atoms with Crippen molar-refractivity contribution in [3.8, 4) is 17.3 Å². The summed E-state index contributed by atoms with van der Waals surface area (Å²) >= 11 is 0. The Bertz CT molecular complexity index is 927. The van der Waals surface area contributed by atoms with Crippen molar-refractivity contribution < 1.29 is 0 Å². The average molecular weight is 331 g/mol. The summed E-state index contributed by atoms with van der Waals surface area (Å²) in [6.07, 6.45) is 0. The van der Waals surface area contributed by atoms with Crippen LogP contribution in [0.3, 0.4) is 0 Å². The van der Waals surface area contributed by atoms with Crippen LogP contribution in [0, 0.1) is 11.3 Å². The van der Waals surface area contributed by atoms with Gasteiger partial charge in [0.15, 0.2) is 5.82 Å². The highest BCUT2D eigenvalue weighted by Gasteiger charge is 2.17. The van der Waals surface area contributed by atoms with Gasteiger partial charge in [-0.2, -0.15) is 5.26 Å². The van der Waals surface area contributed by atoms with Crippen molar-refractivity contribution in [2.75, 3.05) is 18.0 Å². The number of nitriles is 1. The van der Waals surface area contributed by atoms with E-state index in [0.717, 1.165) is 34.7 Å². The van der Waals surface area contributed by atoms with Crippen molar-refractivity contribution in [2.45, 2.75) is 19.9 Å². The number of nitrogens with zero attached hydrogens (tertiary/aromatic N) is 4. The van der Waals surface area contributed by atoms with Gasteiger partial charge in [0.1, 0.15) is 5.69 Å². The number of nitrogens with two attached hydrogens (primary N) is 1. The summed E-state index contributed by atoms with van der Waals surface area (Å²) in [6.45, 7) is 5.52. The maximum absolute atomic E-state index is 9.21. The number of anilines is 1. The highest BCUT2D eigenvalue weighted by molar-refractivity contribution is 5.83. The summed E-state index contributed by atoms with van der Waals surface area (Å²) in [4.78, 5) is 11.8. The largest absolute Gasteiger partial charge is 0.354 e. The maximum Gasteiger partial charge on any atom is 0.156 e. The van der Waals surface area contributed by atoms with Crippen molar-refractivity contribution in [1.29, 1.82) is 5.26 Å². The van der Waals surface area contributed by atoms with E-state index < -0.39 is 0 Å². The van der Waals surface area contributed by atoms with Crippen molar-refractivity contribution in [2.24, 2.45) is 5.73 Å². The number of para-hydroxylation sites is 2. The van der Waals surface area contributed by atoms with Gasteiger partial charge in [-0.1, -0.05) is 24.3 Å². The van der Waals surface area contributed by atoms with Crippen LogP contribution in [0.15, 0.2) is 48.5 Å². The van der Waals surface area contributed by atoms with Crippen LogP contribution < -0.4 is 10.6 Å². The summed E-state index contributed by atoms with van der Waals surface area (Å²) in [5, 5.41) is 9.21. The molecule has 0 amide bonds. The minimum atomic E-state index is 0.0199. The van der Waals surface area contributed by atoms with Crippen LogP contribution in [-0.4, -0.2) is 29.1 Å². The van der Waals surface area contributed by atoms with Gasteiger partial charge in [0.25, 0.3) is 0 Å². The molecule has 1 unspecified atom stereocenters. The minimum absolute atomic E-state index is 0.0199. The highest BCUT2D eigenvalue weighted by Crippen LogP contribution is 2.30. The molecular weight excluding hydrogens is 310 g/mol. The van der Waals surface area contributed by atoms with E-state index in [4.69, 9.17) is 15.7 Å². The second-order valence-electron chi connectivity index (χ2n) is 6.09. The standard InChI is InChI=1S/C20H21N5/c1-3-25(13-14(2)22)20-19(16-8-6-7-15(11-16)12-21)23-17-9-4-5-10-18(17)24-20/h4-11,14H,3,13,22H2,1-2H3. The van der Waals surface area contributed by atoms with E-state index in [1.165, 1.54) is 0 Å². The van der Waals surface area contributed by atoms with Gasteiger partial charge in [0.05, 0.1) is 22.7 Å². The Labute approximate surface area is 147 Å². The molecule has 0 aliphatic carbocycles. The molecule has 3 aromatic rings. The van der Waals surface area contributed by atoms with Crippen LogP contribution in [-0.2, 0) is 0 Å². The van der Waals surface area contributed by atoms with Crippen LogP contribution in [0.5, 0.6) is 0 Å². The monoisotopic (exact) mass is 331 g/mol. The van der Waals surface area contributed by atoms with E-state index in [1.807, 2.05) is 49.4 Å². The van der Waals surface area contributed by atoms with E-state index in [0.29, 0.717) is 12.1 Å². The molecule has 0 saturated carbocycles. The molecule has 1 atom stereocenters. The molecule has 25 heavy (non-hydrogen) atoms. The third-order valence-corrected chi connectivity index (χ3v) is 4.01. The van der Waals surface area contributed by atoms with Crippen LogP contribution in [0.1, 0.15) is 19.4 Å². The number of fused-ring (bicyclic) bond motifs is 1. The molecule has 0 spiro atoms. The first kappa shape index (κ1) is 16.9. The summed E-state index contributed by atoms with van der Waals surface area (Å²) in [5.41, 5.74) is 9.97. The fourth-order valence-electron chi connectivity index (χ4n) is 2.85. The predicted octanol–water partition coefficient (Wildman–Crippen LogP) is 3.34.